The molecule has 4 aliphatic rings. The molecule has 34 heavy (non-hydrogen) atoms. The van der Waals surface area contributed by atoms with E-state index in [-0.39, 0.29) is 53.8 Å². The predicted molar refractivity (Wildman–Crippen MR) is 131 cm³/mol. The highest BCUT2D eigenvalue weighted by atomic mass is 16.2. The smallest absolute Gasteiger partial charge is 0.242 e. The number of piperidine rings is 1. The zero-order valence-electron chi connectivity index (χ0n) is 20.7. The number of hydrogen-bond acceptors (Lipinski definition) is 3. The Kier molecular flexibility index (Phi) is 6.43. The van der Waals surface area contributed by atoms with Crippen LogP contribution in [0.4, 0.5) is 0 Å². The van der Waals surface area contributed by atoms with Crippen molar-refractivity contribution in [3.8, 4) is 0 Å². The van der Waals surface area contributed by atoms with Crippen molar-refractivity contribution >= 4 is 17.7 Å². The molecule has 0 aromatic heterocycles. The van der Waals surface area contributed by atoms with Gasteiger partial charge in [-0.15, -0.1) is 0 Å². The number of nitrogens with zero attached hydrogens (tertiary/aromatic N) is 3. The Morgan fingerprint density at radius 2 is 1.68 bits per heavy atom. The van der Waals surface area contributed by atoms with Crippen LogP contribution in [0, 0.1) is 5.41 Å². The highest BCUT2D eigenvalue weighted by Gasteiger charge is 2.63. The molecule has 0 radical (unpaired) electrons. The van der Waals surface area contributed by atoms with E-state index in [9.17, 15) is 14.4 Å². The number of hydrogen-bond donors (Lipinski definition) is 0. The van der Waals surface area contributed by atoms with Crippen LogP contribution >= 0.6 is 0 Å². The number of carbonyl (C=O) groups excluding carboxylic acids is 3. The molecule has 1 aromatic rings. The minimum atomic E-state index is -0.0848. The Morgan fingerprint density at radius 3 is 2.38 bits per heavy atom. The van der Waals surface area contributed by atoms with Gasteiger partial charge in [-0.1, -0.05) is 56.5 Å². The van der Waals surface area contributed by atoms with Crippen LogP contribution in [0.5, 0.6) is 0 Å². The van der Waals surface area contributed by atoms with E-state index in [1.165, 1.54) is 5.56 Å². The maximum Gasteiger partial charge on any atom is 0.242 e. The van der Waals surface area contributed by atoms with Gasteiger partial charge in [0.1, 0.15) is 0 Å². The van der Waals surface area contributed by atoms with Crippen LogP contribution in [-0.4, -0.2) is 69.7 Å². The Labute approximate surface area is 203 Å². The lowest BCUT2D eigenvalue weighted by molar-refractivity contribution is -0.145. The Bertz CT molecular complexity index is 934. The van der Waals surface area contributed by atoms with Crippen LogP contribution in [0.2, 0.25) is 0 Å². The molecule has 6 nitrogen and oxygen atoms in total. The molecule has 1 aromatic carbocycles. The van der Waals surface area contributed by atoms with E-state index in [0.717, 1.165) is 57.8 Å². The van der Waals surface area contributed by atoms with Crippen molar-refractivity contribution in [2.24, 2.45) is 5.41 Å². The van der Waals surface area contributed by atoms with Gasteiger partial charge in [0.15, 0.2) is 0 Å². The lowest BCUT2D eigenvalue weighted by atomic mass is 9.69. The lowest BCUT2D eigenvalue weighted by Crippen LogP contribution is -2.61. The molecule has 1 aliphatic carbocycles. The van der Waals surface area contributed by atoms with Crippen molar-refractivity contribution in [1.82, 2.24) is 14.7 Å². The van der Waals surface area contributed by atoms with Gasteiger partial charge in [-0.25, -0.2) is 0 Å². The molecule has 2 bridgehead atoms. The third-order valence-electron chi connectivity index (χ3n) is 9.14. The summed E-state index contributed by atoms with van der Waals surface area (Å²) in [5.41, 5.74) is 1.12. The average molecular weight is 466 g/mol. The van der Waals surface area contributed by atoms with Crippen molar-refractivity contribution in [1.29, 1.82) is 0 Å². The average Bonchev–Trinajstić information content (AvgIpc) is 2.93. The summed E-state index contributed by atoms with van der Waals surface area (Å²) in [4.78, 5) is 45.9. The van der Waals surface area contributed by atoms with Gasteiger partial charge in [-0.2, -0.15) is 0 Å². The summed E-state index contributed by atoms with van der Waals surface area (Å²) in [6, 6.07) is 10.7. The predicted octanol–water partition coefficient (Wildman–Crippen LogP) is 3.78. The molecule has 5 atom stereocenters. The normalized spacial score (nSPS) is 33.5. The Morgan fingerprint density at radius 1 is 0.971 bits per heavy atom. The molecule has 3 aliphatic heterocycles. The third kappa shape index (κ3) is 4.03. The van der Waals surface area contributed by atoms with Crippen LogP contribution in [-0.2, 0) is 20.8 Å². The van der Waals surface area contributed by atoms with Crippen molar-refractivity contribution in [2.45, 2.75) is 102 Å². The second-order valence-electron chi connectivity index (χ2n) is 11.2. The van der Waals surface area contributed by atoms with E-state index in [0.29, 0.717) is 13.0 Å². The summed E-state index contributed by atoms with van der Waals surface area (Å²) in [5.74, 6) is 0.321. The highest BCUT2D eigenvalue weighted by Crippen LogP contribution is 2.55. The number of benzene rings is 1. The van der Waals surface area contributed by atoms with Crippen LogP contribution in [0.25, 0.3) is 0 Å². The van der Waals surface area contributed by atoms with Crippen LogP contribution < -0.4 is 0 Å². The Hall–Kier alpha value is -2.37. The fourth-order valence-electron chi connectivity index (χ4n) is 7.61. The molecular formula is C28H39N3O3. The first kappa shape index (κ1) is 23.4. The molecule has 5 rings (SSSR count). The van der Waals surface area contributed by atoms with E-state index < -0.39 is 0 Å². The van der Waals surface area contributed by atoms with Gasteiger partial charge in [-0.05, 0) is 44.1 Å². The second kappa shape index (κ2) is 9.35. The fraction of sp³-hybridized carbons (Fsp3) is 0.679. The first-order valence-electron chi connectivity index (χ1n) is 13.3. The summed E-state index contributed by atoms with van der Waals surface area (Å²) in [7, 11) is 0. The van der Waals surface area contributed by atoms with Crippen molar-refractivity contribution < 1.29 is 14.4 Å². The molecule has 3 saturated heterocycles. The van der Waals surface area contributed by atoms with E-state index in [2.05, 4.69) is 28.9 Å². The van der Waals surface area contributed by atoms with Crippen LogP contribution in [0.3, 0.4) is 0 Å². The minimum Gasteiger partial charge on any atom is -0.334 e. The summed E-state index contributed by atoms with van der Waals surface area (Å²) in [6.07, 6.45) is 9.39. The molecule has 0 unspecified atom stereocenters. The molecule has 184 valence electrons. The standard InChI is InChI=1S/C28H39N3O3/c1-20(32)30-22(17-21-11-5-3-6-12-21)23-18-28(2)24(30)13-8-9-14-25(28)31(23)27(34)19-29-16-10-4-7-15-26(29)33/h3,5-6,11-12,22-25H,4,7-10,13-19H2,1-2H3/t22-,23-,24+,25-,28+/m0/s1. The molecule has 6 heteroatoms. The first-order chi connectivity index (χ1) is 16.4. The third-order valence-corrected chi connectivity index (χ3v) is 9.14. The van der Waals surface area contributed by atoms with Gasteiger partial charge < -0.3 is 14.7 Å². The molecule has 3 heterocycles. The number of likely N-dealkylation sites (tertiary alicyclic amines) is 3. The zero-order valence-corrected chi connectivity index (χ0v) is 20.7. The largest absolute Gasteiger partial charge is 0.334 e. The summed E-state index contributed by atoms with van der Waals surface area (Å²) < 4.78 is 0. The van der Waals surface area contributed by atoms with Gasteiger partial charge in [0, 0.05) is 37.4 Å². The van der Waals surface area contributed by atoms with Crippen LogP contribution in [0.1, 0.15) is 77.2 Å². The lowest BCUT2D eigenvalue weighted by Gasteiger charge is -2.50. The minimum absolute atomic E-state index is 0.00281. The zero-order chi connectivity index (χ0) is 23.9. The molecule has 4 fully saturated rings. The van der Waals surface area contributed by atoms with Crippen molar-refractivity contribution in [3.63, 3.8) is 0 Å². The van der Waals surface area contributed by atoms with Crippen LogP contribution in [0.15, 0.2) is 30.3 Å². The van der Waals surface area contributed by atoms with Gasteiger partial charge in [-0.3, -0.25) is 14.4 Å². The van der Waals surface area contributed by atoms with E-state index in [4.69, 9.17) is 0 Å². The molecular weight excluding hydrogens is 426 g/mol. The van der Waals surface area contributed by atoms with Crippen molar-refractivity contribution in [3.05, 3.63) is 35.9 Å². The van der Waals surface area contributed by atoms with Gasteiger partial charge in [0.2, 0.25) is 17.7 Å². The number of amides is 3. The monoisotopic (exact) mass is 465 g/mol. The maximum absolute atomic E-state index is 14.0. The summed E-state index contributed by atoms with van der Waals surface area (Å²) >= 11 is 0. The number of fused-ring (bicyclic) bond motifs is 1. The first-order valence-corrected chi connectivity index (χ1v) is 13.3. The summed E-state index contributed by atoms with van der Waals surface area (Å²) in [6.45, 7) is 4.89. The molecule has 0 spiro atoms. The van der Waals surface area contributed by atoms with E-state index in [1.807, 2.05) is 18.2 Å². The highest BCUT2D eigenvalue weighted by molar-refractivity contribution is 5.86. The molecule has 1 saturated carbocycles. The number of carbonyl (C=O) groups is 3. The maximum atomic E-state index is 14.0. The molecule has 3 amide bonds. The summed E-state index contributed by atoms with van der Waals surface area (Å²) in [5, 5.41) is 0. The van der Waals surface area contributed by atoms with Gasteiger partial charge in [0.05, 0.1) is 18.6 Å². The SMILES string of the molecule is CC(=O)N1[C@@H](Cc2ccccc2)[C@@H]2C[C@@]3(C)[C@H](CCCC[C@@H]13)N2C(=O)CN1CCCCCC1=O. The number of rotatable bonds is 4. The fourth-order valence-corrected chi connectivity index (χ4v) is 7.61. The van der Waals surface area contributed by atoms with Crippen molar-refractivity contribution in [2.75, 3.05) is 13.1 Å². The Balaban J connectivity index is 1.50. The van der Waals surface area contributed by atoms with E-state index in [1.54, 1.807) is 11.8 Å². The molecule has 0 N–H and O–H groups in total. The van der Waals surface area contributed by atoms with Gasteiger partial charge in [0.25, 0.3) is 0 Å². The van der Waals surface area contributed by atoms with Gasteiger partial charge >= 0.3 is 0 Å². The second-order valence-corrected chi connectivity index (χ2v) is 11.2. The topological polar surface area (TPSA) is 60.9 Å². The quantitative estimate of drug-likeness (QED) is 0.680. The van der Waals surface area contributed by atoms with E-state index >= 15 is 0 Å².